The van der Waals surface area contributed by atoms with Crippen LogP contribution in [0, 0.1) is 18.3 Å². The predicted molar refractivity (Wildman–Crippen MR) is 100 cm³/mol. The van der Waals surface area contributed by atoms with Crippen LogP contribution in [0.5, 0.6) is 0 Å². The Morgan fingerprint density at radius 1 is 1.12 bits per heavy atom. The Morgan fingerprint density at radius 2 is 1.73 bits per heavy atom. The zero-order valence-corrected chi connectivity index (χ0v) is 15.0. The maximum atomic E-state index is 12.4. The van der Waals surface area contributed by atoms with Crippen LogP contribution < -0.4 is 4.90 Å². The van der Waals surface area contributed by atoms with Gasteiger partial charge in [0.25, 0.3) is 5.91 Å². The molecule has 0 bridgehead atoms. The minimum atomic E-state index is -1.01. The summed E-state index contributed by atoms with van der Waals surface area (Å²) in [6.45, 7) is 3.43. The summed E-state index contributed by atoms with van der Waals surface area (Å²) in [4.78, 5) is 26.1. The molecule has 1 atom stereocenters. The van der Waals surface area contributed by atoms with Crippen molar-refractivity contribution in [2.45, 2.75) is 20.0 Å². The van der Waals surface area contributed by atoms with Crippen molar-refractivity contribution >= 4 is 23.6 Å². The number of likely N-dealkylation sites (N-methyl/N-ethyl adjacent to an activating group) is 1. The molecule has 0 saturated heterocycles. The van der Waals surface area contributed by atoms with Crippen LogP contribution in [0.4, 0.5) is 5.69 Å². The summed E-state index contributed by atoms with van der Waals surface area (Å²) in [5.41, 5.74) is 2.32. The fraction of sp³-hybridized carbons (Fsp3) is 0.190. The molecule has 0 radical (unpaired) electrons. The van der Waals surface area contributed by atoms with Gasteiger partial charge in [-0.05, 0) is 37.6 Å². The number of ether oxygens (including phenoxy) is 1. The first-order valence-corrected chi connectivity index (χ1v) is 8.14. The van der Waals surface area contributed by atoms with Crippen LogP contribution in [0.3, 0.4) is 0 Å². The van der Waals surface area contributed by atoms with Gasteiger partial charge in [0.2, 0.25) is 0 Å². The third-order valence-electron chi connectivity index (χ3n) is 3.83. The fourth-order valence-corrected chi connectivity index (χ4v) is 2.29. The summed E-state index contributed by atoms with van der Waals surface area (Å²) in [5, 5.41) is 9.24. The number of nitrogens with zero attached hydrogens (tertiary/aromatic N) is 2. The van der Waals surface area contributed by atoms with E-state index in [2.05, 4.69) is 0 Å². The van der Waals surface area contributed by atoms with E-state index in [-0.39, 0.29) is 11.5 Å². The highest BCUT2D eigenvalue weighted by Gasteiger charge is 2.24. The average Bonchev–Trinajstić information content (AvgIpc) is 2.66. The van der Waals surface area contributed by atoms with E-state index in [1.54, 1.807) is 31.3 Å². The van der Waals surface area contributed by atoms with Crippen LogP contribution in [-0.2, 0) is 14.3 Å². The Morgan fingerprint density at radius 3 is 2.31 bits per heavy atom. The van der Waals surface area contributed by atoms with Crippen molar-refractivity contribution in [3.05, 3.63) is 71.3 Å². The number of amides is 1. The molecule has 0 aliphatic heterocycles. The van der Waals surface area contributed by atoms with E-state index >= 15 is 0 Å². The first kappa shape index (κ1) is 18.9. The topological polar surface area (TPSA) is 70.4 Å². The molecule has 0 N–H and O–H groups in total. The summed E-state index contributed by atoms with van der Waals surface area (Å²) in [5.74, 6) is -1.20. The number of rotatable bonds is 5. The molecular formula is C21H20N2O3. The van der Waals surface area contributed by atoms with E-state index in [0.717, 1.165) is 5.56 Å². The molecule has 0 fully saturated rings. The predicted octanol–water partition coefficient (Wildman–Crippen LogP) is 3.50. The quantitative estimate of drug-likeness (QED) is 0.471. The smallest absolute Gasteiger partial charge is 0.349 e. The Kier molecular flexibility index (Phi) is 6.29. The number of benzene rings is 2. The van der Waals surface area contributed by atoms with Gasteiger partial charge in [0, 0.05) is 12.7 Å². The van der Waals surface area contributed by atoms with Crippen molar-refractivity contribution in [3.63, 3.8) is 0 Å². The molecule has 5 heteroatoms. The number of nitriles is 1. The first-order valence-electron chi connectivity index (χ1n) is 8.14. The molecular weight excluding hydrogens is 328 g/mol. The van der Waals surface area contributed by atoms with E-state index in [9.17, 15) is 14.9 Å². The molecule has 2 aromatic rings. The molecule has 2 rings (SSSR count). The fourth-order valence-electron chi connectivity index (χ4n) is 2.29. The van der Waals surface area contributed by atoms with Crippen LogP contribution >= 0.6 is 0 Å². The lowest BCUT2D eigenvalue weighted by Crippen LogP contribution is -2.37. The van der Waals surface area contributed by atoms with E-state index < -0.39 is 12.1 Å². The molecule has 0 unspecified atom stereocenters. The number of hydrogen-bond donors (Lipinski definition) is 0. The Balaban J connectivity index is 2.08. The third-order valence-corrected chi connectivity index (χ3v) is 3.83. The zero-order valence-electron chi connectivity index (χ0n) is 15.0. The van der Waals surface area contributed by atoms with Crippen LogP contribution in [0.25, 0.3) is 6.08 Å². The number of hydrogen-bond acceptors (Lipinski definition) is 4. The highest BCUT2D eigenvalue weighted by molar-refractivity contribution is 6.01. The lowest BCUT2D eigenvalue weighted by molar-refractivity contribution is -0.149. The molecule has 0 spiro atoms. The number of esters is 1. The lowest BCUT2D eigenvalue weighted by atomic mass is 10.1. The molecule has 132 valence electrons. The molecule has 26 heavy (non-hydrogen) atoms. The second kappa shape index (κ2) is 8.63. The molecule has 0 saturated carbocycles. The minimum Gasteiger partial charge on any atom is -0.448 e. The number of anilines is 1. The Labute approximate surface area is 153 Å². The van der Waals surface area contributed by atoms with Gasteiger partial charge in [-0.3, -0.25) is 4.79 Å². The Bertz CT molecular complexity index is 849. The summed E-state index contributed by atoms with van der Waals surface area (Å²) >= 11 is 0. The number of aryl methyl sites for hydroxylation is 1. The van der Waals surface area contributed by atoms with Crippen LogP contribution in [0.1, 0.15) is 18.1 Å². The molecule has 0 aliphatic carbocycles. The monoisotopic (exact) mass is 348 g/mol. The second-order valence-electron chi connectivity index (χ2n) is 5.86. The molecule has 2 aromatic carbocycles. The minimum absolute atomic E-state index is 0.157. The van der Waals surface area contributed by atoms with Crippen molar-refractivity contribution in [1.29, 1.82) is 5.26 Å². The number of para-hydroxylation sites is 1. The summed E-state index contributed by atoms with van der Waals surface area (Å²) in [6.07, 6.45) is 0.433. The average molecular weight is 348 g/mol. The van der Waals surface area contributed by atoms with Gasteiger partial charge in [-0.15, -0.1) is 0 Å². The van der Waals surface area contributed by atoms with E-state index in [0.29, 0.717) is 11.3 Å². The summed E-state index contributed by atoms with van der Waals surface area (Å²) < 4.78 is 5.18. The van der Waals surface area contributed by atoms with E-state index in [1.807, 2.05) is 43.3 Å². The number of carbonyl (C=O) groups excluding carboxylic acids is 2. The SMILES string of the molecule is Cc1ccc(/C=C(\C#N)C(=O)O[C@H](C)C(=O)N(C)c2ccccc2)cc1. The van der Waals surface area contributed by atoms with Crippen LogP contribution in [0.15, 0.2) is 60.2 Å². The van der Waals surface area contributed by atoms with Gasteiger partial charge in [-0.1, -0.05) is 48.0 Å². The maximum absolute atomic E-state index is 12.4. The summed E-state index contributed by atoms with van der Waals surface area (Å²) in [7, 11) is 1.61. The lowest BCUT2D eigenvalue weighted by Gasteiger charge is -2.21. The Hall–Kier alpha value is -3.39. The van der Waals surface area contributed by atoms with Crippen LogP contribution in [0.2, 0.25) is 0 Å². The maximum Gasteiger partial charge on any atom is 0.349 e. The van der Waals surface area contributed by atoms with Gasteiger partial charge < -0.3 is 9.64 Å². The highest BCUT2D eigenvalue weighted by Crippen LogP contribution is 2.15. The first-order chi connectivity index (χ1) is 12.4. The molecule has 0 aliphatic rings. The van der Waals surface area contributed by atoms with Crippen LogP contribution in [-0.4, -0.2) is 25.0 Å². The van der Waals surface area contributed by atoms with Gasteiger partial charge in [-0.2, -0.15) is 5.26 Å². The molecule has 5 nitrogen and oxygen atoms in total. The van der Waals surface area contributed by atoms with Gasteiger partial charge in [0.15, 0.2) is 6.10 Å². The molecule has 0 heterocycles. The van der Waals surface area contributed by atoms with E-state index in [1.165, 1.54) is 17.9 Å². The third kappa shape index (κ3) is 4.81. The van der Waals surface area contributed by atoms with Crippen molar-refractivity contribution in [2.24, 2.45) is 0 Å². The van der Waals surface area contributed by atoms with E-state index in [4.69, 9.17) is 4.74 Å². The standard InChI is InChI=1S/C21H20N2O3/c1-15-9-11-17(12-10-15)13-18(14-22)21(25)26-16(2)20(24)23(3)19-7-5-4-6-8-19/h4-13,16H,1-3H3/b18-13+/t16-/m1/s1. The zero-order chi connectivity index (χ0) is 19.1. The van der Waals surface area contributed by atoms with Crippen molar-refractivity contribution in [1.82, 2.24) is 0 Å². The normalized spacial score (nSPS) is 12.0. The van der Waals surface area contributed by atoms with Gasteiger partial charge in [-0.25, -0.2) is 4.79 Å². The van der Waals surface area contributed by atoms with Crippen molar-refractivity contribution in [2.75, 3.05) is 11.9 Å². The largest absolute Gasteiger partial charge is 0.448 e. The van der Waals surface area contributed by atoms with Gasteiger partial charge in [0.1, 0.15) is 11.6 Å². The van der Waals surface area contributed by atoms with Crippen molar-refractivity contribution < 1.29 is 14.3 Å². The van der Waals surface area contributed by atoms with Crippen molar-refractivity contribution in [3.8, 4) is 6.07 Å². The van der Waals surface area contributed by atoms with Gasteiger partial charge >= 0.3 is 5.97 Å². The second-order valence-corrected chi connectivity index (χ2v) is 5.86. The molecule has 0 aromatic heterocycles. The summed E-state index contributed by atoms with van der Waals surface area (Å²) in [6, 6.07) is 18.2. The number of carbonyl (C=O) groups is 2. The highest BCUT2D eigenvalue weighted by atomic mass is 16.5. The van der Waals surface area contributed by atoms with Gasteiger partial charge in [0.05, 0.1) is 0 Å². The molecule has 1 amide bonds.